The Balaban J connectivity index is 2.25. The first-order valence-corrected chi connectivity index (χ1v) is 6.74. The molecule has 1 heterocycles. The third-order valence-electron chi connectivity index (χ3n) is 3.45. The number of carboxylic acids is 1. The summed E-state index contributed by atoms with van der Waals surface area (Å²) in [6.45, 7) is 0.509. The van der Waals surface area contributed by atoms with Crippen LogP contribution in [-0.4, -0.2) is 39.9 Å². The summed E-state index contributed by atoms with van der Waals surface area (Å²) < 4.78 is 0. The number of carbonyl (C=O) groups excluding carboxylic acids is 1. The lowest BCUT2D eigenvalue weighted by atomic mass is 9.97. The minimum Gasteiger partial charge on any atom is -0.481 e. The van der Waals surface area contributed by atoms with E-state index in [1.165, 1.54) is 17.0 Å². The fourth-order valence-electron chi connectivity index (χ4n) is 2.32. The zero-order valence-electron chi connectivity index (χ0n) is 11.0. The van der Waals surface area contributed by atoms with Crippen LogP contribution in [0.3, 0.4) is 0 Å². The molecule has 0 spiro atoms. The van der Waals surface area contributed by atoms with Gasteiger partial charge >= 0.3 is 5.97 Å². The predicted molar refractivity (Wildman–Crippen MR) is 74.4 cm³/mol. The van der Waals surface area contributed by atoms with E-state index < -0.39 is 22.7 Å². The van der Waals surface area contributed by atoms with E-state index in [0.717, 1.165) is 6.07 Å². The molecule has 1 aliphatic heterocycles. The first kappa shape index (κ1) is 15.2. The van der Waals surface area contributed by atoms with Gasteiger partial charge in [0, 0.05) is 25.2 Å². The summed E-state index contributed by atoms with van der Waals surface area (Å²) in [7, 11) is 0. The Kier molecular flexibility index (Phi) is 4.42. The van der Waals surface area contributed by atoms with Crippen LogP contribution in [0.25, 0.3) is 0 Å². The Labute approximate surface area is 125 Å². The van der Waals surface area contributed by atoms with Crippen molar-refractivity contribution in [3.8, 4) is 0 Å². The number of carboxylic acid groups (broad SMARTS) is 1. The SMILES string of the molecule is O=C(O)C1CCCN(C(=O)c2cc([N+](=O)[O-])ccc2Cl)C1. The molecule has 0 bridgehead atoms. The van der Waals surface area contributed by atoms with Gasteiger partial charge in [-0.3, -0.25) is 19.7 Å². The number of benzene rings is 1. The Morgan fingerprint density at radius 2 is 2.14 bits per heavy atom. The van der Waals surface area contributed by atoms with Gasteiger partial charge in [0.05, 0.1) is 21.4 Å². The average Bonchev–Trinajstić information content (AvgIpc) is 2.47. The highest BCUT2D eigenvalue weighted by Crippen LogP contribution is 2.25. The molecule has 0 saturated carbocycles. The number of hydrogen-bond donors (Lipinski definition) is 1. The van der Waals surface area contributed by atoms with E-state index in [4.69, 9.17) is 16.7 Å². The van der Waals surface area contributed by atoms with E-state index >= 15 is 0 Å². The predicted octanol–water partition coefficient (Wildman–Crippen LogP) is 2.19. The summed E-state index contributed by atoms with van der Waals surface area (Å²) in [5.74, 6) is -2.03. The zero-order chi connectivity index (χ0) is 15.6. The van der Waals surface area contributed by atoms with Crippen LogP contribution < -0.4 is 0 Å². The summed E-state index contributed by atoms with van der Waals surface area (Å²) in [4.78, 5) is 34.9. The van der Waals surface area contributed by atoms with Gasteiger partial charge in [-0.05, 0) is 18.9 Å². The highest BCUT2D eigenvalue weighted by atomic mass is 35.5. The van der Waals surface area contributed by atoms with E-state index in [9.17, 15) is 19.7 Å². The van der Waals surface area contributed by atoms with Crippen molar-refractivity contribution >= 4 is 29.2 Å². The van der Waals surface area contributed by atoms with Crippen LogP contribution in [0.15, 0.2) is 18.2 Å². The molecule has 112 valence electrons. The maximum absolute atomic E-state index is 12.4. The van der Waals surface area contributed by atoms with Crippen LogP contribution in [-0.2, 0) is 4.79 Å². The average molecular weight is 313 g/mol. The molecule has 1 unspecified atom stereocenters. The molecule has 1 atom stereocenters. The summed E-state index contributed by atoms with van der Waals surface area (Å²) in [6, 6.07) is 3.63. The maximum atomic E-state index is 12.4. The molecule has 21 heavy (non-hydrogen) atoms. The van der Waals surface area contributed by atoms with E-state index in [2.05, 4.69) is 0 Å². The minimum atomic E-state index is -0.947. The fourth-order valence-corrected chi connectivity index (χ4v) is 2.52. The number of carbonyl (C=O) groups is 2. The third kappa shape index (κ3) is 3.30. The van der Waals surface area contributed by atoms with E-state index in [0.29, 0.717) is 19.4 Å². The van der Waals surface area contributed by atoms with Crippen molar-refractivity contribution < 1.29 is 19.6 Å². The molecular weight excluding hydrogens is 300 g/mol. The van der Waals surface area contributed by atoms with Crippen LogP contribution in [0, 0.1) is 16.0 Å². The first-order valence-electron chi connectivity index (χ1n) is 6.36. The highest BCUT2D eigenvalue weighted by molar-refractivity contribution is 6.33. The maximum Gasteiger partial charge on any atom is 0.308 e. The number of nitro groups is 1. The first-order chi connectivity index (χ1) is 9.90. The number of aliphatic carboxylic acids is 1. The number of amides is 1. The van der Waals surface area contributed by atoms with Crippen molar-refractivity contribution in [2.45, 2.75) is 12.8 Å². The number of halogens is 1. The Morgan fingerprint density at radius 1 is 1.43 bits per heavy atom. The van der Waals surface area contributed by atoms with Crippen molar-refractivity contribution in [2.75, 3.05) is 13.1 Å². The number of rotatable bonds is 3. The minimum absolute atomic E-state index is 0.0249. The molecule has 2 rings (SSSR count). The molecule has 1 aromatic rings. The lowest BCUT2D eigenvalue weighted by Crippen LogP contribution is -2.42. The van der Waals surface area contributed by atoms with E-state index in [1.807, 2.05) is 0 Å². The Morgan fingerprint density at radius 3 is 2.76 bits per heavy atom. The molecule has 7 nitrogen and oxygen atoms in total. The lowest BCUT2D eigenvalue weighted by molar-refractivity contribution is -0.384. The number of non-ortho nitro benzene ring substituents is 1. The van der Waals surface area contributed by atoms with Gasteiger partial charge in [-0.15, -0.1) is 0 Å². The third-order valence-corrected chi connectivity index (χ3v) is 3.78. The normalized spacial score (nSPS) is 18.3. The van der Waals surface area contributed by atoms with Crippen molar-refractivity contribution in [3.05, 3.63) is 38.9 Å². The quantitative estimate of drug-likeness (QED) is 0.681. The smallest absolute Gasteiger partial charge is 0.308 e. The van der Waals surface area contributed by atoms with Gasteiger partial charge in [-0.25, -0.2) is 0 Å². The summed E-state index contributed by atoms with van der Waals surface area (Å²) in [5.41, 5.74) is -0.202. The number of nitrogens with zero attached hydrogens (tertiary/aromatic N) is 2. The van der Waals surface area contributed by atoms with Crippen LogP contribution in [0.5, 0.6) is 0 Å². The Hall–Kier alpha value is -2.15. The van der Waals surface area contributed by atoms with E-state index in [-0.39, 0.29) is 22.8 Å². The molecule has 1 N–H and O–H groups in total. The molecule has 1 saturated heterocycles. The molecule has 1 fully saturated rings. The van der Waals surface area contributed by atoms with Gasteiger partial charge in [0.2, 0.25) is 0 Å². The van der Waals surface area contributed by atoms with Crippen molar-refractivity contribution in [1.29, 1.82) is 0 Å². The van der Waals surface area contributed by atoms with Gasteiger partial charge in [0.1, 0.15) is 0 Å². The van der Waals surface area contributed by atoms with Gasteiger partial charge in [-0.2, -0.15) is 0 Å². The van der Waals surface area contributed by atoms with Crippen molar-refractivity contribution in [1.82, 2.24) is 4.90 Å². The molecule has 8 heteroatoms. The monoisotopic (exact) mass is 312 g/mol. The van der Waals surface area contributed by atoms with Gasteiger partial charge < -0.3 is 10.0 Å². The fraction of sp³-hybridized carbons (Fsp3) is 0.385. The zero-order valence-corrected chi connectivity index (χ0v) is 11.7. The molecule has 1 aliphatic rings. The van der Waals surface area contributed by atoms with Crippen LogP contribution in [0.1, 0.15) is 23.2 Å². The second kappa shape index (κ2) is 6.09. The van der Waals surface area contributed by atoms with Gasteiger partial charge in [0.15, 0.2) is 0 Å². The Bertz CT molecular complexity index is 604. The molecular formula is C13H13ClN2O5. The molecule has 1 amide bonds. The van der Waals surface area contributed by atoms with Crippen LogP contribution in [0.4, 0.5) is 5.69 Å². The van der Waals surface area contributed by atoms with Gasteiger partial charge in [0.25, 0.3) is 11.6 Å². The second-order valence-corrected chi connectivity index (χ2v) is 5.26. The topological polar surface area (TPSA) is 101 Å². The number of hydrogen-bond acceptors (Lipinski definition) is 4. The number of piperidine rings is 1. The standard InChI is InChI=1S/C13H13ClN2O5/c14-11-4-3-9(16(20)21)6-10(11)12(17)15-5-1-2-8(7-15)13(18)19/h3-4,6,8H,1-2,5,7H2,(H,18,19). The van der Waals surface area contributed by atoms with Crippen LogP contribution >= 0.6 is 11.6 Å². The van der Waals surface area contributed by atoms with E-state index in [1.54, 1.807) is 0 Å². The summed E-state index contributed by atoms with van der Waals surface area (Å²) in [5, 5.41) is 19.9. The van der Waals surface area contributed by atoms with Gasteiger partial charge in [-0.1, -0.05) is 11.6 Å². The number of nitro benzene ring substituents is 1. The summed E-state index contributed by atoms with van der Waals surface area (Å²) >= 11 is 5.93. The molecule has 0 aliphatic carbocycles. The van der Waals surface area contributed by atoms with Crippen molar-refractivity contribution in [3.63, 3.8) is 0 Å². The lowest BCUT2D eigenvalue weighted by Gasteiger charge is -2.30. The summed E-state index contributed by atoms with van der Waals surface area (Å²) in [6.07, 6.45) is 1.09. The largest absolute Gasteiger partial charge is 0.481 e. The molecule has 1 aromatic carbocycles. The molecule has 0 aromatic heterocycles. The highest BCUT2D eigenvalue weighted by Gasteiger charge is 2.30. The van der Waals surface area contributed by atoms with Crippen molar-refractivity contribution in [2.24, 2.45) is 5.92 Å². The molecule has 0 radical (unpaired) electrons. The van der Waals surface area contributed by atoms with Crippen LogP contribution in [0.2, 0.25) is 5.02 Å². The number of likely N-dealkylation sites (tertiary alicyclic amines) is 1. The second-order valence-electron chi connectivity index (χ2n) is 4.85.